The molecule has 0 saturated carbocycles. The molecule has 0 atom stereocenters. The topological polar surface area (TPSA) is 0 Å². The van der Waals surface area contributed by atoms with Gasteiger partial charge in [-0.2, -0.15) is 0 Å². The summed E-state index contributed by atoms with van der Waals surface area (Å²) in [6.07, 6.45) is 5.18. The Morgan fingerprint density at radius 2 is 1.82 bits per heavy atom. The van der Waals surface area contributed by atoms with Gasteiger partial charge >= 0.3 is 0 Å². The first-order valence-corrected chi connectivity index (χ1v) is 5.06. The van der Waals surface area contributed by atoms with Gasteiger partial charge in [-0.3, -0.25) is 0 Å². The standard InChI is InChI=1S/C5H11Cl.C3H4Cl2/c1-2-3-4-5-6;1-2-3(4)5/h2-5H2,1H3;2-3H,1H2. The lowest BCUT2D eigenvalue weighted by atomic mass is 10.3. The van der Waals surface area contributed by atoms with Gasteiger partial charge in [0.1, 0.15) is 4.84 Å². The highest BCUT2D eigenvalue weighted by molar-refractivity contribution is 6.45. The van der Waals surface area contributed by atoms with Crippen molar-refractivity contribution in [3.05, 3.63) is 12.7 Å². The molecule has 0 aromatic rings. The number of hydrogen-bond acceptors (Lipinski definition) is 0. The van der Waals surface area contributed by atoms with Crippen LogP contribution in [0.1, 0.15) is 26.2 Å². The van der Waals surface area contributed by atoms with Gasteiger partial charge in [0, 0.05) is 5.88 Å². The van der Waals surface area contributed by atoms with Crippen LogP contribution in [-0.2, 0) is 0 Å². The number of unbranched alkanes of at least 4 members (excludes halogenated alkanes) is 2. The van der Waals surface area contributed by atoms with E-state index < -0.39 is 4.84 Å². The molecular formula is C8H15Cl3. The van der Waals surface area contributed by atoms with Gasteiger partial charge in [-0.25, -0.2) is 0 Å². The summed E-state index contributed by atoms with van der Waals surface area (Å²) in [6, 6.07) is 0. The minimum atomic E-state index is -0.407. The molecule has 0 unspecified atom stereocenters. The molecule has 0 aromatic heterocycles. The fourth-order valence-electron chi connectivity index (χ4n) is 0.344. The van der Waals surface area contributed by atoms with Crippen LogP contribution in [0.5, 0.6) is 0 Å². The molecule has 0 aliphatic heterocycles. The average molecular weight is 218 g/mol. The normalized spacial score (nSPS) is 8.82. The number of halogens is 3. The minimum Gasteiger partial charge on any atom is -0.127 e. The summed E-state index contributed by atoms with van der Waals surface area (Å²) in [5.41, 5.74) is 0. The van der Waals surface area contributed by atoms with Crippen LogP contribution in [0.2, 0.25) is 0 Å². The lowest BCUT2D eigenvalue weighted by Gasteiger charge is -1.84. The summed E-state index contributed by atoms with van der Waals surface area (Å²) in [7, 11) is 0. The van der Waals surface area contributed by atoms with E-state index in [2.05, 4.69) is 13.5 Å². The van der Waals surface area contributed by atoms with Crippen LogP contribution in [0.4, 0.5) is 0 Å². The molecule has 0 N–H and O–H groups in total. The maximum Gasteiger partial charge on any atom is 0.125 e. The zero-order valence-electron chi connectivity index (χ0n) is 6.82. The smallest absolute Gasteiger partial charge is 0.125 e. The Balaban J connectivity index is 0. The molecule has 0 aromatic carbocycles. The van der Waals surface area contributed by atoms with E-state index in [0.29, 0.717) is 0 Å². The molecule has 0 amide bonds. The first-order valence-electron chi connectivity index (χ1n) is 3.65. The lowest BCUT2D eigenvalue weighted by Crippen LogP contribution is -1.70. The first kappa shape index (κ1) is 14.2. The van der Waals surface area contributed by atoms with Crippen LogP contribution in [0.15, 0.2) is 12.7 Å². The van der Waals surface area contributed by atoms with Crippen molar-refractivity contribution in [3.8, 4) is 0 Å². The molecule has 0 aliphatic carbocycles. The molecule has 68 valence electrons. The highest BCUT2D eigenvalue weighted by Gasteiger charge is 1.80. The average Bonchev–Trinajstić information content (AvgIpc) is 2.02. The van der Waals surface area contributed by atoms with Crippen LogP contribution in [0.3, 0.4) is 0 Å². The van der Waals surface area contributed by atoms with Crippen molar-refractivity contribution in [1.82, 2.24) is 0 Å². The molecule has 0 saturated heterocycles. The molecule has 0 heterocycles. The van der Waals surface area contributed by atoms with Gasteiger partial charge in [0.2, 0.25) is 0 Å². The molecule has 0 fully saturated rings. The largest absolute Gasteiger partial charge is 0.127 e. The fourth-order valence-corrected chi connectivity index (χ4v) is 0.533. The number of hydrogen-bond donors (Lipinski definition) is 0. The van der Waals surface area contributed by atoms with Crippen LogP contribution in [0, 0.1) is 0 Å². The van der Waals surface area contributed by atoms with Crippen molar-refractivity contribution < 1.29 is 0 Å². The molecular weight excluding hydrogens is 202 g/mol. The summed E-state index contributed by atoms with van der Waals surface area (Å²) in [6.45, 7) is 5.47. The predicted molar refractivity (Wildman–Crippen MR) is 55.9 cm³/mol. The van der Waals surface area contributed by atoms with Crippen LogP contribution < -0.4 is 0 Å². The van der Waals surface area contributed by atoms with Crippen molar-refractivity contribution >= 4 is 34.8 Å². The molecule has 0 spiro atoms. The van der Waals surface area contributed by atoms with Crippen LogP contribution in [-0.4, -0.2) is 10.7 Å². The van der Waals surface area contributed by atoms with Crippen molar-refractivity contribution in [2.45, 2.75) is 31.0 Å². The maximum atomic E-state index is 5.38. The zero-order chi connectivity index (χ0) is 9.11. The Bertz CT molecular complexity index is 67.7. The summed E-state index contributed by atoms with van der Waals surface area (Å²) < 4.78 is 0. The molecule has 0 aliphatic rings. The van der Waals surface area contributed by atoms with Gasteiger partial charge in [0.25, 0.3) is 0 Å². The van der Waals surface area contributed by atoms with Crippen molar-refractivity contribution in [2.75, 3.05) is 5.88 Å². The maximum absolute atomic E-state index is 5.38. The van der Waals surface area contributed by atoms with Gasteiger partial charge in [-0.05, 0) is 6.42 Å². The third-order valence-corrected chi connectivity index (χ3v) is 1.54. The van der Waals surface area contributed by atoms with Gasteiger partial charge in [0.05, 0.1) is 0 Å². The summed E-state index contributed by atoms with van der Waals surface area (Å²) in [5.74, 6) is 0.827. The highest BCUT2D eigenvalue weighted by Crippen LogP contribution is 1.99. The Labute approximate surface area is 84.5 Å². The lowest BCUT2D eigenvalue weighted by molar-refractivity contribution is 0.776. The highest BCUT2D eigenvalue weighted by atomic mass is 35.5. The number of allylic oxidation sites excluding steroid dienone is 1. The summed E-state index contributed by atoms with van der Waals surface area (Å²) in [5, 5.41) is 0. The van der Waals surface area contributed by atoms with Crippen molar-refractivity contribution in [1.29, 1.82) is 0 Å². The molecule has 0 radical (unpaired) electrons. The van der Waals surface area contributed by atoms with Crippen molar-refractivity contribution in [2.24, 2.45) is 0 Å². The second kappa shape index (κ2) is 13.2. The SMILES string of the molecule is C=CC(Cl)Cl.CCCCCCl. The van der Waals surface area contributed by atoms with Crippen LogP contribution >= 0.6 is 34.8 Å². The Morgan fingerprint density at radius 1 is 1.36 bits per heavy atom. The fraction of sp³-hybridized carbons (Fsp3) is 0.750. The molecule has 11 heavy (non-hydrogen) atoms. The second-order valence-corrected chi connectivity index (χ2v) is 3.51. The molecule has 0 bridgehead atoms. The predicted octanol–water partition coefficient (Wildman–Crippen LogP) is 4.39. The van der Waals surface area contributed by atoms with Gasteiger partial charge in [-0.15, -0.1) is 41.4 Å². The van der Waals surface area contributed by atoms with Gasteiger partial charge in [-0.1, -0.05) is 25.8 Å². The zero-order valence-corrected chi connectivity index (χ0v) is 9.09. The second-order valence-electron chi connectivity index (χ2n) is 1.97. The van der Waals surface area contributed by atoms with E-state index in [4.69, 9.17) is 34.8 Å². The Hall–Kier alpha value is 0.610. The van der Waals surface area contributed by atoms with E-state index in [9.17, 15) is 0 Å². The Morgan fingerprint density at radius 3 is 1.91 bits per heavy atom. The van der Waals surface area contributed by atoms with E-state index in [0.717, 1.165) is 5.88 Å². The van der Waals surface area contributed by atoms with Gasteiger partial charge in [0.15, 0.2) is 0 Å². The monoisotopic (exact) mass is 216 g/mol. The molecule has 0 nitrogen and oxygen atoms in total. The van der Waals surface area contributed by atoms with Crippen molar-refractivity contribution in [3.63, 3.8) is 0 Å². The first-order chi connectivity index (χ1) is 5.18. The van der Waals surface area contributed by atoms with E-state index in [1.807, 2.05) is 0 Å². The third-order valence-electron chi connectivity index (χ3n) is 0.915. The van der Waals surface area contributed by atoms with Crippen LogP contribution in [0.25, 0.3) is 0 Å². The van der Waals surface area contributed by atoms with Gasteiger partial charge < -0.3 is 0 Å². The number of rotatable bonds is 4. The number of alkyl halides is 3. The summed E-state index contributed by atoms with van der Waals surface area (Å²) >= 11 is 15.6. The third kappa shape index (κ3) is 25.0. The molecule has 0 rings (SSSR count). The van der Waals surface area contributed by atoms with E-state index in [-0.39, 0.29) is 0 Å². The Kier molecular flexibility index (Phi) is 17.0. The van der Waals surface area contributed by atoms with E-state index >= 15 is 0 Å². The molecule has 3 heteroatoms. The summed E-state index contributed by atoms with van der Waals surface area (Å²) in [4.78, 5) is -0.407. The van der Waals surface area contributed by atoms with E-state index in [1.54, 1.807) is 0 Å². The quantitative estimate of drug-likeness (QED) is 0.372. The van der Waals surface area contributed by atoms with E-state index in [1.165, 1.54) is 25.3 Å². The minimum absolute atomic E-state index is 0.407.